The van der Waals surface area contributed by atoms with Gasteiger partial charge in [0.15, 0.2) is 0 Å². The van der Waals surface area contributed by atoms with Gasteiger partial charge < -0.3 is 0 Å². The van der Waals surface area contributed by atoms with Gasteiger partial charge in [0, 0.05) is 9.75 Å². The Balaban J connectivity index is 1.78. The molecule has 4 aromatic carbocycles. The third-order valence-corrected chi connectivity index (χ3v) is 7.44. The minimum absolute atomic E-state index is 0.386. The van der Waals surface area contributed by atoms with Gasteiger partial charge in [0.2, 0.25) is 0 Å². The summed E-state index contributed by atoms with van der Waals surface area (Å²) in [6.45, 7) is 4.38. The summed E-state index contributed by atoms with van der Waals surface area (Å²) in [7, 11) is 0. The Morgan fingerprint density at radius 1 is 0.500 bits per heavy atom. The van der Waals surface area contributed by atoms with Crippen LogP contribution in [-0.4, -0.2) is 0 Å². The van der Waals surface area contributed by atoms with Gasteiger partial charge in [0.25, 0.3) is 0 Å². The molecule has 5 aromatic rings. The molecule has 0 fully saturated rings. The highest BCUT2D eigenvalue weighted by Gasteiger charge is 2.38. The smallest absolute Gasteiger partial charge is 0.0701 e. The normalized spacial score (nSPS) is 11.4. The first kappa shape index (κ1) is 20.5. The lowest BCUT2D eigenvalue weighted by atomic mass is 9.65. The highest BCUT2D eigenvalue weighted by molar-refractivity contribution is 7.15. The Labute approximate surface area is 194 Å². The summed E-state index contributed by atoms with van der Waals surface area (Å²) < 4.78 is 0. The van der Waals surface area contributed by atoms with Gasteiger partial charge in [-0.2, -0.15) is 0 Å². The van der Waals surface area contributed by atoms with Crippen molar-refractivity contribution in [2.24, 2.45) is 0 Å². The molecule has 0 nitrogen and oxygen atoms in total. The summed E-state index contributed by atoms with van der Waals surface area (Å²) >= 11 is 1.87. The van der Waals surface area contributed by atoms with Gasteiger partial charge in [0.05, 0.1) is 5.41 Å². The fourth-order valence-electron chi connectivity index (χ4n) is 4.86. The molecular formula is C31H26S. The summed E-state index contributed by atoms with van der Waals surface area (Å²) in [5, 5.41) is 0. The molecule has 156 valence electrons. The van der Waals surface area contributed by atoms with E-state index in [1.807, 2.05) is 11.3 Å². The summed E-state index contributed by atoms with van der Waals surface area (Å²) in [5.41, 5.74) is 7.33. The van der Waals surface area contributed by atoms with Crippen molar-refractivity contribution in [1.82, 2.24) is 0 Å². The zero-order chi connectivity index (χ0) is 22.0. The minimum Gasteiger partial charge on any atom is -0.140 e. The van der Waals surface area contributed by atoms with Crippen molar-refractivity contribution in [2.75, 3.05) is 0 Å². The number of hydrogen-bond donors (Lipinski definition) is 0. The molecule has 0 saturated heterocycles. The molecule has 0 N–H and O–H groups in total. The van der Waals surface area contributed by atoms with E-state index in [0.717, 1.165) is 0 Å². The van der Waals surface area contributed by atoms with Crippen LogP contribution in [0.1, 0.15) is 32.7 Å². The van der Waals surface area contributed by atoms with E-state index < -0.39 is 0 Å². The van der Waals surface area contributed by atoms with Crippen molar-refractivity contribution >= 4 is 11.3 Å². The van der Waals surface area contributed by atoms with Gasteiger partial charge in [0.1, 0.15) is 0 Å². The number of benzene rings is 4. The average Bonchev–Trinajstić information content (AvgIpc) is 3.20. The predicted octanol–water partition coefficient (Wildman–Crippen LogP) is 8.41. The SMILES string of the molecule is Cc1cc(C)c(-c2ccc(C(c3ccccc3)(c3ccccc3)c3ccccc3)cc2)s1. The number of rotatable bonds is 5. The predicted molar refractivity (Wildman–Crippen MR) is 138 cm³/mol. The fraction of sp³-hybridized carbons (Fsp3) is 0.0968. The van der Waals surface area contributed by atoms with Crippen LogP contribution in [0.4, 0.5) is 0 Å². The standard InChI is InChI=1S/C31H26S/c1-23-22-24(2)32-30(23)25-18-20-29(21-19-25)31(26-12-6-3-7-13-26,27-14-8-4-9-15-27)28-16-10-5-11-17-28/h3-22H,1-2H3. The zero-order valence-corrected chi connectivity index (χ0v) is 19.3. The first-order chi connectivity index (χ1) is 15.7. The van der Waals surface area contributed by atoms with Crippen LogP contribution in [0.25, 0.3) is 10.4 Å². The molecule has 1 heterocycles. The summed E-state index contributed by atoms with van der Waals surface area (Å²) in [5.74, 6) is 0. The molecule has 0 saturated carbocycles. The Kier molecular flexibility index (Phi) is 5.51. The van der Waals surface area contributed by atoms with Crippen molar-refractivity contribution in [2.45, 2.75) is 19.3 Å². The van der Waals surface area contributed by atoms with Gasteiger partial charge in [-0.3, -0.25) is 0 Å². The van der Waals surface area contributed by atoms with Crippen LogP contribution in [-0.2, 0) is 5.41 Å². The van der Waals surface area contributed by atoms with E-state index >= 15 is 0 Å². The number of hydrogen-bond acceptors (Lipinski definition) is 1. The van der Waals surface area contributed by atoms with Crippen molar-refractivity contribution < 1.29 is 0 Å². The largest absolute Gasteiger partial charge is 0.140 e. The quantitative estimate of drug-likeness (QED) is 0.245. The van der Waals surface area contributed by atoms with Crippen LogP contribution in [0.2, 0.25) is 0 Å². The van der Waals surface area contributed by atoms with Crippen molar-refractivity contribution in [3.05, 3.63) is 154 Å². The molecule has 0 atom stereocenters. The van der Waals surface area contributed by atoms with Gasteiger partial charge in [-0.25, -0.2) is 0 Å². The van der Waals surface area contributed by atoms with Crippen LogP contribution in [0, 0.1) is 13.8 Å². The van der Waals surface area contributed by atoms with E-state index in [1.165, 1.54) is 43.1 Å². The number of aryl methyl sites for hydroxylation is 2. The molecule has 0 aliphatic carbocycles. The molecule has 0 spiro atoms. The minimum atomic E-state index is -0.386. The van der Waals surface area contributed by atoms with E-state index in [9.17, 15) is 0 Å². The van der Waals surface area contributed by atoms with E-state index in [1.54, 1.807) is 0 Å². The van der Waals surface area contributed by atoms with E-state index in [4.69, 9.17) is 0 Å². The molecule has 0 aliphatic heterocycles. The third kappa shape index (κ3) is 3.49. The first-order valence-electron chi connectivity index (χ1n) is 11.0. The molecular weight excluding hydrogens is 404 g/mol. The van der Waals surface area contributed by atoms with E-state index in [-0.39, 0.29) is 5.41 Å². The molecule has 0 unspecified atom stereocenters. The van der Waals surface area contributed by atoms with Crippen LogP contribution in [0.5, 0.6) is 0 Å². The van der Waals surface area contributed by atoms with Crippen LogP contribution in [0.3, 0.4) is 0 Å². The van der Waals surface area contributed by atoms with E-state index in [0.29, 0.717) is 0 Å². The second-order valence-corrected chi connectivity index (χ2v) is 9.55. The third-order valence-electron chi connectivity index (χ3n) is 6.24. The lowest BCUT2D eigenvalue weighted by Gasteiger charge is -2.37. The molecule has 0 radical (unpaired) electrons. The second kappa shape index (κ2) is 8.61. The number of thiophene rings is 1. The first-order valence-corrected chi connectivity index (χ1v) is 11.9. The average molecular weight is 431 g/mol. The highest BCUT2D eigenvalue weighted by Crippen LogP contribution is 2.45. The monoisotopic (exact) mass is 430 g/mol. The van der Waals surface area contributed by atoms with Gasteiger partial charge in [-0.1, -0.05) is 115 Å². The highest BCUT2D eigenvalue weighted by atomic mass is 32.1. The van der Waals surface area contributed by atoms with Gasteiger partial charge in [-0.05, 0) is 53.3 Å². The van der Waals surface area contributed by atoms with Crippen molar-refractivity contribution in [3.8, 4) is 10.4 Å². The van der Waals surface area contributed by atoms with Crippen molar-refractivity contribution in [3.63, 3.8) is 0 Å². The molecule has 5 rings (SSSR count). The lowest BCUT2D eigenvalue weighted by Crippen LogP contribution is -2.30. The Morgan fingerprint density at radius 2 is 0.906 bits per heavy atom. The topological polar surface area (TPSA) is 0 Å². The maximum absolute atomic E-state index is 2.32. The Hall–Kier alpha value is -3.42. The maximum atomic E-state index is 2.32. The zero-order valence-electron chi connectivity index (χ0n) is 18.5. The Bertz CT molecular complexity index is 1200. The van der Waals surface area contributed by atoms with Gasteiger partial charge in [-0.15, -0.1) is 11.3 Å². The molecule has 0 aliphatic rings. The lowest BCUT2D eigenvalue weighted by molar-refractivity contribution is 0.745. The maximum Gasteiger partial charge on any atom is 0.0701 e. The van der Waals surface area contributed by atoms with Crippen LogP contribution < -0.4 is 0 Å². The molecule has 0 amide bonds. The van der Waals surface area contributed by atoms with Crippen LogP contribution >= 0.6 is 11.3 Å². The van der Waals surface area contributed by atoms with E-state index in [2.05, 4.69) is 135 Å². The molecule has 0 bridgehead atoms. The Morgan fingerprint density at radius 3 is 1.28 bits per heavy atom. The second-order valence-electron chi connectivity index (χ2n) is 8.29. The molecule has 1 heteroatoms. The summed E-state index contributed by atoms with van der Waals surface area (Å²) in [6, 6.07) is 44.1. The summed E-state index contributed by atoms with van der Waals surface area (Å²) in [6.07, 6.45) is 0. The van der Waals surface area contributed by atoms with Crippen LogP contribution in [0.15, 0.2) is 121 Å². The molecule has 32 heavy (non-hydrogen) atoms. The fourth-order valence-corrected chi connectivity index (χ4v) is 5.90. The summed E-state index contributed by atoms with van der Waals surface area (Å²) in [4.78, 5) is 2.72. The van der Waals surface area contributed by atoms with Crippen molar-refractivity contribution in [1.29, 1.82) is 0 Å². The molecule has 1 aromatic heterocycles. The van der Waals surface area contributed by atoms with Gasteiger partial charge >= 0.3 is 0 Å².